The third-order valence-electron chi connectivity index (χ3n) is 5.71. The van der Waals surface area contributed by atoms with Gasteiger partial charge < -0.3 is 24.7 Å². The van der Waals surface area contributed by atoms with Crippen LogP contribution in [0.5, 0.6) is 0 Å². The first-order chi connectivity index (χ1) is 12.9. The Morgan fingerprint density at radius 1 is 1.22 bits per heavy atom. The molecule has 1 aromatic rings. The number of aliphatic hydroxyl groups excluding tert-OH is 1. The van der Waals surface area contributed by atoms with Gasteiger partial charge in [-0.2, -0.15) is 4.98 Å². The van der Waals surface area contributed by atoms with Gasteiger partial charge in [0.05, 0.1) is 18.6 Å². The molecule has 2 saturated heterocycles. The van der Waals surface area contributed by atoms with Crippen molar-refractivity contribution in [2.45, 2.75) is 38.5 Å². The van der Waals surface area contributed by atoms with Gasteiger partial charge in [-0.05, 0) is 39.0 Å². The SMILES string of the molecule is CC(C)(C(=O)O)c1cnc(N2CCC(CCO)CC2)nc1N1CCOCC1. The van der Waals surface area contributed by atoms with Gasteiger partial charge >= 0.3 is 5.97 Å². The summed E-state index contributed by atoms with van der Waals surface area (Å²) in [7, 11) is 0. The van der Waals surface area contributed by atoms with E-state index < -0.39 is 11.4 Å². The monoisotopic (exact) mass is 378 g/mol. The number of nitrogens with zero attached hydrogens (tertiary/aromatic N) is 4. The number of carboxylic acids is 1. The van der Waals surface area contributed by atoms with Gasteiger partial charge in [0.1, 0.15) is 5.82 Å². The number of hydrogen-bond acceptors (Lipinski definition) is 7. The Balaban J connectivity index is 1.88. The average Bonchev–Trinajstić information content (AvgIpc) is 2.69. The topological polar surface area (TPSA) is 99.0 Å². The Bertz CT molecular complexity index is 653. The zero-order valence-electron chi connectivity index (χ0n) is 16.2. The summed E-state index contributed by atoms with van der Waals surface area (Å²) < 4.78 is 5.44. The smallest absolute Gasteiger partial charge is 0.313 e. The molecule has 2 N–H and O–H groups in total. The molecule has 0 bridgehead atoms. The van der Waals surface area contributed by atoms with Gasteiger partial charge in [-0.15, -0.1) is 0 Å². The molecule has 3 heterocycles. The lowest BCUT2D eigenvalue weighted by atomic mass is 9.85. The molecule has 0 unspecified atom stereocenters. The van der Waals surface area contributed by atoms with Crippen LogP contribution in [-0.2, 0) is 14.9 Å². The lowest BCUT2D eigenvalue weighted by molar-refractivity contribution is -0.142. The predicted molar refractivity (Wildman–Crippen MR) is 102 cm³/mol. The van der Waals surface area contributed by atoms with E-state index in [1.807, 2.05) is 0 Å². The minimum atomic E-state index is -1.07. The van der Waals surface area contributed by atoms with Crippen molar-refractivity contribution < 1.29 is 19.7 Å². The highest BCUT2D eigenvalue weighted by atomic mass is 16.5. The summed E-state index contributed by atoms with van der Waals surface area (Å²) >= 11 is 0. The van der Waals surface area contributed by atoms with Crippen LogP contribution >= 0.6 is 0 Å². The highest BCUT2D eigenvalue weighted by Gasteiger charge is 2.35. The maximum atomic E-state index is 11.8. The number of carboxylic acid groups (broad SMARTS) is 1. The number of morpholine rings is 1. The second-order valence-electron chi connectivity index (χ2n) is 7.88. The fourth-order valence-corrected chi connectivity index (χ4v) is 3.69. The van der Waals surface area contributed by atoms with Crippen molar-refractivity contribution in [2.24, 2.45) is 5.92 Å². The third-order valence-corrected chi connectivity index (χ3v) is 5.71. The molecule has 27 heavy (non-hydrogen) atoms. The average molecular weight is 378 g/mol. The molecule has 150 valence electrons. The van der Waals surface area contributed by atoms with Gasteiger partial charge in [0.25, 0.3) is 0 Å². The van der Waals surface area contributed by atoms with E-state index in [1.54, 1.807) is 20.0 Å². The highest BCUT2D eigenvalue weighted by Crippen LogP contribution is 2.33. The molecule has 0 saturated carbocycles. The molecule has 2 aliphatic rings. The lowest BCUT2D eigenvalue weighted by Gasteiger charge is -2.35. The molecule has 3 rings (SSSR count). The number of carbonyl (C=O) groups is 1. The first-order valence-electron chi connectivity index (χ1n) is 9.73. The summed E-state index contributed by atoms with van der Waals surface area (Å²) in [6, 6.07) is 0. The van der Waals surface area contributed by atoms with Crippen LogP contribution in [0.4, 0.5) is 11.8 Å². The van der Waals surface area contributed by atoms with Gasteiger partial charge in [0, 0.05) is 44.5 Å². The van der Waals surface area contributed by atoms with E-state index in [-0.39, 0.29) is 6.61 Å². The minimum Gasteiger partial charge on any atom is -0.481 e. The van der Waals surface area contributed by atoms with Crippen molar-refractivity contribution in [1.29, 1.82) is 0 Å². The Morgan fingerprint density at radius 3 is 2.48 bits per heavy atom. The Hall–Kier alpha value is -1.93. The lowest BCUT2D eigenvalue weighted by Crippen LogP contribution is -2.41. The molecular weight excluding hydrogens is 348 g/mol. The number of aliphatic hydroxyl groups is 1. The number of rotatable bonds is 6. The Morgan fingerprint density at radius 2 is 1.89 bits per heavy atom. The number of piperidine rings is 1. The first kappa shape index (κ1) is 19.8. The maximum absolute atomic E-state index is 11.8. The molecule has 0 aromatic carbocycles. The maximum Gasteiger partial charge on any atom is 0.313 e. The van der Waals surface area contributed by atoms with E-state index >= 15 is 0 Å². The second-order valence-corrected chi connectivity index (χ2v) is 7.88. The van der Waals surface area contributed by atoms with E-state index in [1.165, 1.54) is 0 Å². The largest absolute Gasteiger partial charge is 0.481 e. The Kier molecular flexibility index (Phi) is 6.16. The molecule has 0 atom stereocenters. The van der Waals surface area contributed by atoms with Gasteiger partial charge in [0.2, 0.25) is 5.95 Å². The highest BCUT2D eigenvalue weighted by molar-refractivity contribution is 5.82. The number of aliphatic carboxylic acids is 1. The molecule has 0 radical (unpaired) electrons. The minimum absolute atomic E-state index is 0.237. The normalized spacial score (nSPS) is 19.4. The number of aromatic nitrogens is 2. The van der Waals surface area contributed by atoms with Crippen LogP contribution in [0.3, 0.4) is 0 Å². The summed E-state index contributed by atoms with van der Waals surface area (Å²) in [4.78, 5) is 25.4. The van der Waals surface area contributed by atoms with Crippen LogP contribution in [0, 0.1) is 5.92 Å². The number of ether oxygens (including phenoxy) is 1. The van der Waals surface area contributed by atoms with E-state index in [0.29, 0.717) is 49.6 Å². The predicted octanol–water partition coefficient (Wildman–Crippen LogP) is 1.27. The molecule has 2 aliphatic heterocycles. The zero-order valence-corrected chi connectivity index (χ0v) is 16.2. The standard InChI is InChI=1S/C19H30N4O4/c1-19(2,17(25)26)15-13-20-18(21-16(15)22-8-11-27-12-9-22)23-6-3-14(4-7-23)5-10-24/h13-14,24H,3-12H2,1-2H3,(H,25,26). The van der Waals surface area contributed by atoms with Gasteiger partial charge in [-0.25, -0.2) is 4.98 Å². The van der Waals surface area contributed by atoms with Crippen LogP contribution in [0.2, 0.25) is 0 Å². The third kappa shape index (κ3) is 4.32. The summed E-state index contributed by atoms with van der Waals surface area (Å²) in [6.45, 7) is 7.94. The summed E-state index contributed by atoms with van der Waals surface area (Å²) in [5.74, 6) is 1.02. The fourth-order valence-electron chi connectivity index (χ4n) is 3.69. The van der Waals surface area contributed by atoms with Crippen molar-refractivity contribution >= 4 is 17.7 Å². The van der Waals surface area contributed by atoms with Gasteiger partial charge in [-0.1, -0.05) is 0 Å². The summed E-state index contributed by atoms with van der Waals surface area (Å²) in [5.41, 5.74) is -0.434. The van der Waals surface area contributed by atoms with Crippen LogP contribution in [0.25, 0.3) is 0 Å². The van der Waals surface area contributed by atoms with Crippen LogP contribution in [0.15, 0.2) is 6.20 Å². The molecule has 0 spiro atoms. The molecule has 1 aromatic heterocycles. The number of hydrogen-bond donors (Lipinski definition) is 2. The second kappa shape index (κ2) is 8.39. The molecular formula is C19H30N4O4. The number of anilines is 2. The van der Waals surface area contributed by atoms with E-state index in [0.717, 1.165) is 32.4 Å². The summed E-state index contributed by atoms with van der Waals surface area (Å²) in [6.07, 6.45) is 4.55. The van der Waals surface area contributed by atoms with Crippen molar-refractivity contribution in [1.82, 2.24) is 9.97 Å². The van der Waals surface area contributed by atoms with Crippen molar-refractivity contribution in [3.63, 3.8) is 0 Å². The molecule has 0 amide bonds. The van der Waals surface area contributed by atoms with Crippen molar-refractivity contribution in [3.05, 3.63) is 11.8 Å². The zero-order chi connectivity index (χ0) is 19.4. The van der Waals surface area contributed by atoms with Gasteiger partial charge in [-0.3, -0.25) is 4.79 Å². The van der Waals surface area contributed by atoms with E-state index in [2.05, 4.69) is 14.8 Å². The molecule has 8 heteroatoms. The fraction of sp³-hybridized carbons (Fsp3) is 0.737. The van der Waals surface area contributed by atoms with E-state index in [4.69, 9.17) is 14.8 Å². The Labute approximate surface area is 160 Å². The van der Waals surface area contributed by atoms with Crippen LogP contribution in [-0.4, -0.2) is 72.1 Å². The summed E-state index contributed by atoms with van der Waals surface area (Å²) in [5, 5.41) is 18.8. The van der Waals surface area contributed by atoms with Crippen LogP contribution < -0.4 is 9.80 Å². The molecule has 0 aliphatic carbocycles. The van der Waals surface area contributed by atoms with Gasteiger partial charge in [0.15, 0.2) is 0 Å². The van der Waals surface area contributed by atoms with Crippen molar-refractivity contribution in [3.8, 4) is 0 Å². The molecule has 2 fully saturated rings. The van der Waals surface area contributed by atoms with Crippen molar-refractivity contribution in [2.75, 3.05) is 55.8 Å². The first-order valence-corrected chi connectivity index (χ1v) is 9.73. The van der Waals surface area contributed by atoms with E-state index in [9.17, 15) is 9.90 Å². The quantitative estimate of drug-likeness (QED) is 0.764. The van der Waals surface area contributed by atoms with Crippen LogP contribution in [0.1, 0.15) is 38.7 Å². The molecule has 8 nitrogen and oxygen atoms in total.